The van der Waals surface area contributed by atoms with Crippen LogP contribution < -0.4 is 25.8 Å². The lowest BCUT2D eigenvalue weighted by Crippen LogP contribution is -2.54. The van der Waals surface area contributed by atoms with Crippen LogP contribution in [0.3, 0.4) is 0 Å². The number of piperazine rings is 1. The van der Waals surface area contributed by atoms with Crippen molar-refractivity contribution in [3.63, 3.8) is 0 Å². The summed E-state index contributed by atoms with van der Waals surface area (Å²) in [5.41, 5.74) is 1.85. The molecule has 15 nitrogen and oxygen atoms in total. The number of piperidine rings is 2. The average molecular weight is 817 g/mol. The molecule has 3 fully saturated rings. The van der Waals surface area contributed by atoms with E-state index in [0.29, 0.717) is 39.7 Å². The van der Waals surface area contributed by atoms with Gasteiger partial charge in [-0.1, -0.05) is 35.5 Å². The van der Waals surface area contributed by atoms with Gasteiger partial charge in [0, 0.05) is 76.1 Å². The van der Waals surface area contributed by atoms with Crippen molar-refractivity contribution in [3.8, 4) is 0 Å². The molecular weight excluding hydrogens is 775 g/mol. The van der Waals surface area contributed by atoms with E-state index in [1.165, 1.54) is 17.8 Å². The summed E-state index contributed by atoms with van der Waals surface area (Å²) in [5, 5.41) is 9.74. The molecule has 0 aliphatic carbocycles. The number of hydrogen-bond acceptors (Lipinski definition) is 13. The second kappa shape index (κ2) is 16.0. The van der Waals surface area contributed by atoms with Gasteiger partial charge in [-0.2, -0.15) is 0 Å². The van der Waals surface area contributed by atoms with E-state index >= 15 is 4.39 Å². The molecule has 5 aliphatic rings. The molecule has 2 unspecified atom stereocenters. The monoisotopic (exact) mass is 816 g/mol. The Labute approximate surface area is 338 Å². The highest BCUT2D eigenvalue weighted by atomic mass is 35.5. The molecule has 0 bridgehead atoms. The molecule has 8 rings (SSSR count). The smallest absolute Gasteiger partial charge is 0.262 e. The van der Waals surface area contributed by atoms with Crippen molar-refractivity contribution < 1.29 is 28.4 Å². The van der Waals surface area contributed by atoms with Gasteiger partial charge in [0.15, 0.2) is 5.50 Å². The lowest BCUT2D eigenvalue weighted by molar-refractivity contribution is -0.136. The Morgan fingerprint density at radius 3 is 2.40 bits per heavy atom. The molecule has 1 aromatic heterocycles. The molecule has 2 atom stereocenters. The van der Waals surface area contributed by atoms with Crippen LogP contribution in [0.25, 0.3) is 0 Å². The Bertz CT molecular complexity index is 2160. The molecule has 298 valence electrons. The van der Waals surface area contributed by atoms with Crippen LogP contribution in [-0.4, -0.2) is 112 Å². The average Bonchev–Trinajstić information content (AvgIpc) is 3.67. The van der Waals surface area contributed by atoms with Gasteiger partial charge in [-0.15, -0.1) is 0 Å². The number of anilines is 3. The van der Waals surface area contributed by atoms with Crippen LogP contribution >= 0.6 is 23.4 Å². The molecule has 6 heterocycles. The van der Waals surface area contributed by atoms with Crippen molar-refractivity contribution in [3.05, 3.63) is 86.5 Å². The number of carbonyl (C=O) groups excluding carboxylic acids is 5. The summed E-state index contributed by atoms with van der Waals surface area (Å²) >= 11 is 8.09. The van der Waals surface area contributed by atoms with Crippen LogP contribution in [0, 0.1) is 19.7 Å². The summed E-state index contributed by atoms with van der Waals surface area (Å²) in [6, 6.07) is 9.53. The predicted molar refractivity (Wildman–Crippen MR) is 213 cm³/mol. The fourth-order valence-corrected chi connectivity index (χ4v) is 9.63. The molecule has 2 aromatic carbocycles. The first-order chi connectivity index (χ1) is 27.5. The molecule has 57 heavy (non-hydrogen) atoms. The van der Waals surface area contributed by atoms with Crippen molar-refractivity contribution in [2.24, 2.45) is 0 Å². The number of thioether (sulfide) groups is 1. The Kier molecular flexibility index (Phi) is 10.9. The highest BCUT2D eigenvalue weighted by Gasteiger charge is 2.45. The van der Waals surface area contributed by atoms with E-state index in [-0.39, 0.29) is 36.0 Å². The van der Waals surface area contributed by atoms with Crippen LogP contribution in [0.15, 0.2) is 47.6 Å². The van der Waals surface area contributed by atoms with Crippen LogP contribution in [0.5, 0.6) is 0 Å². The number of halogens is 2. The van der Waals surface area contributed by atoms with E-state index in [0.717, 1.165) is 80.1 Å². The van der Waals surface area contributed by atoms with Gasteiger partial charge in [0.05, 0.1) is 26.9 Å². The van der Waals surface area contributed by atoms with E-state index in [2.05, 4.69) is 35.6 Å². The van der Waals surface area contributed by atoms with Crippen molar-refractivity contribution in [2.75, 3.05) is 54.4 Å². The fraction of sp³-hybridized carbons (Fsp3) is 0.410. The molecule has 0 radical (unpaired) electrons. The highest BCUT2D eigenvalue weighted by Crippen LogP contribution is 2.40. The van der Waals surface area contributed by atoms with Gasteiger partial charge in [0.1, 0.15) is 29.3 Å². The third-order valence-electron chi connectivity index (χ3n) is 11.2. The summed E-state index contributed by atoms with van der Waals surface area (Å²) in [6.45, 7) is 8.86. The topological polar surface area (TPSA) is 163 Å². The van der Waals surface area contributed by atoms with Crippen molar-refractivity contribution >= 4 is 70.7 Å². The van der Waals surface area contributed by atoms with Gasteiger partial charge in [-0.3, -0.25) is 44.0 Å². The highest BCUT2D eigenvalue weighted by molar-refractivity contribution is 8.04. The number of benzene rings is 2. The summed E-state index contributed by atoms with van der Waals surface area (Å²) in [6.07, 6.45) is 4.48. The molecule has 0 spiro atoms. The zero-order valence-electron chi connectivity index (χ0n) is 31.5. The van der Waals surface area contributed by atoms with E-state index in [4.69, 9.17) is 16.6 Å². The quantitative estimate of drug-likeness (QED) is 0.201. The second-order valence-corrected chi connectivity index (χ2v) is 16.3. The third kappa shape index (κ3) is 7.80. The Balaban J connectivity index is 0.858. The molecule has 0 saturated carbocycles. The van der Waals surface area contributed by atoms with Gasteiger partial charge in [-0.05, 0) is 56.9 Å². The predicted octanol–water partition coefficient (Wildman–Crippen LogP) is 3.57. The lowest BCUT2D eigenvalue weighted by Gasteiger charge is -2.43. The number of para-hydroxylation sites is 1. The zero-order chi connectivity index (χ0) is 40.0. The van der Waals surface area contributed by atoms with Crippen LogP contribution in [0.2, 0.25) is 5.02 Å². The molecule has 3 saturated heterocycles. The fourth-order valence-electron chi connectivity index (χ4n) is 8.32. The van der Waals surface area contributed by atoms with E-state index in [9.17, 15) is 24.0 Å². The number of hydrogen-bond donors (Lipinski definition) is 3. The summed E-state index contributed by atoms with van der Waals surface area (Å²) in [4.78, 5) is 81.0. The van der Waals surface area contributed by atoms with Gasteiger partial charge in [0.25, 0.3) is 11.8 Å². The molecule has 5 amide bonds. The molecule has 5 aliphatic heterocycles. The number of imide groups is 2. The van der Waals surface area contributed by atoms with E-state index < -0.39 is 35.5 Å². The first-order valence-corrected chi connectivity index (χ1v) is 20.2. The van der Waals surface area contributed by atoms with Gasteiger partial charge in [-0.25, -0.2) is 14.4 Å². The molecule has 18 heteroatoms. The standard InChI is InChI=1S/C39H42ClFN10O5S/c1-22-4-3-5-28(40)35(22)50-20-34(42-21-52)57-39(50)45-31-18-32(44-23(2)43-31)49-10-8-25(9-11-49)48-14-12-47(13-15-48)19-24-16-26-27(17-29(24)41)38(56)51(37(26)55)30-6-7-33(53)46-36(30)54/h3-5,16-18,20-21,25,30,39H,6-15,19H2,1-2H3,(H,42,52)(H,43,44,45)(H,46,53,54). The second-order valence-electron chi connectivity index (χ2n) is 14.8. The van der Waals surface area contributed by atoms with Crippen LogP contribution in [-0.2, 0) is 20.9 Å². The first kappa shape index (κ1) is 38.8. The van der Waals surface area contributed by atoms with Crippen LogP contribution in [0.4, 0.5) is 21.7 Å². The zero-order valence-corrected chi connectivity index (χ0v) is 33.0. The number of rotatable bonds is 10. The maximum absolute atomic E-state index is 15.4. The number of carbonyl (C=O) groups is 5. The summed E-state index contributed by atoms with van der Waals surface area (Å²) in [5.74, 6) is -0.950. The maximum Gasteiger partial charge on any atom is 0.262 e. The number of nitrogens with one attached hydrogen (secondary N) is 3. The summed E-state index contributed by atoms with van der Waals surface area (Å²) in [7, 11) is 0. The number of aryl methyl sites for hydroxylation is 2. The first-order valence-electron chi connectivity index (χ1n) is 19.0. The minimum atomic E-state index is -1.10. The largest absolute Gasteiger partial charge is 0.356 e. The minimum Gasteiger partial charge on any atom is -0.356 e. The number of nitrogens with zero attached hydrogens (tertiary/aromatic N) is 7. The van der Waals surface area contributed by atoms with Crippen LogP contribution in [0.1, 0.15) is 63.4 Å². The molecule has 3 N–H and O–H groups in total. The lowest BCUT2D eigenvalue weighted by atomic mass is 10.0. The van der Waals surface area contributed by atoms with Crippen molar-refractivity contribution in [1.29, 1.82) is 0 Å². The van der Waals surface area contributed by atoms with Crippen molar-refractivity contribution in [2.45, 2.75) is 63.7 Å². The molecule has 3 aromatic rings. The van der Waals surface area contributed by atoms with Gasteiger partial charge >= 0.3 is 0 Å². The number of aromatic nitrogens is 2. The van der Waals surface area contributed by atoms with Gasteiger partial charge < -0.3 is 20.4 Å². The third-order valence-corrected chi connectivity index (χ3v) is 12.6. The van der Waals surface area contributed by atoms with E-state index in [1.54, 1.807) is 0 Å². The number of fused-ring (bicyclic) bond motifs is 1. The minimum absolute atomic E-state index is 0.0166. The summed E-state index contributed by atoms with van der Waals surface area (Å²) < 4.78 is 15.4. The SMILES string of the molecule is Cc1nc(NC2SC(NC=O)=CN2c2c(C)cccc2Cl)cc(N2CCC(N3CCN(Cc4cc5c(cc4F)C(=O)N(C4CCC(=O)NC4=O)C5=O)CC3)CC2)n1. The Morgan fingerprint density at radius 1 is 0.965 bits per heavy atom. The number of amides is 5. The Hall–Kier alpha value is -5.10. The van der Waals surface area contributed by atoms with Gasteiger partial charge in [0.2, 0.25) is 18.2 Å². The van der Waals surface area contributed by atoms with Crippen molar-refractivity contribution in [1.82, 2.24) is 35.3 Å². The maximum atomic E-state index is 15.4. The molecular formula is C39H42ClFN10O5S. The Morgan fingerprint density at radius 2 is 1.70 bits per heavy atom. The van der Waals surface area contributed by atoms with E-state index in [1.807, 2.05) is 49.2 Å². The normalized spacial score (nSPS) is 22.2.